The Morgan fingerprint density at radius 1 is 0.947 bits per heavy atom. The van der Waals surface area contributed by atoms with Crippen molar-refractivity contribution in [3.05, 3.63) is 59.9 Å². The predicted molar refractivity (Wildman–Crippen MR) is 69.7 cm³/mol. The highest BCUT2D eigenvalue weighted by Gasteiger charge is 2.13. The molecule has 0 unspecified atom stereocenters. The second-order valence-electron chi connectivity index (χ2n) is 3.91. The number of methoxy groups -OCH3 is 2. The summed E-state index contributed by atoms with van der Waals surface area (Å²) in [6, 6.07) is 13.5. The van der Waals surface area contributed by atoms with Gasteiger partial charge in [0.25, 0.3) is 0 Å². The van der Waals surface area contributed by atoms with Gasteiger partial charge >= 0.3 is 0 Å². The molecular weight excluding hydrogens is 247 g/mol. The lowest BCUT2D eigenvalue weighted by Crippen LogP contribution is -2.04. The molecule has 2 rings (SSSR count). The van der Waals surface area contributed by atoms with E-state index < -0.39 is 12.1 Å². The van der Waals surface area contributed by atoms with E-state index in [1.54, 1.807) is 24.3 Å². The number of ether oxygens (including phenoxy) is 3. The molecule has 0 radical (unpaired) electrons. The summed E-state index contributed by atoms with van der Waals surface area (Å²) in [4.78, 5) is 0. The van der Waals surface area contributed by atoms with Crippen molar-refractivity contribution in [2.24, 2.45) is 0 Å². The minimum absolute atomic E-state index is 0.141. The molecule has 3 nitrogen and oxygen atoms in total. The Morgan fingerprint density at radius 2 is 1.63 bits per heavy atom. The van der Waals surface area contributed by atoms with Gasteiger partial charge in [0.15, 0.2) is 17.9 Å². The summed E-state index contributed by atoms with van der Waals surface area (Å²) in [6.07, 6.45) is -0.543. The van der Waals surface area contributed by atoms with Crippen molar-refractivity contribution >= 4 is 0 Å². The van der Waals surface area contributed by atoms with Gasteiger partial charge in [0.1, 0.15) is 5.75 Å². The molecule has 0 amide bonds. The third-order valence-corrected chi connectivity index (χ3v) is 2.63. The van der Waals surface area contributed by atoms with Gasteiger partial charge in [-0.25, -0.2) is 4.39 Å². The van der Waals surface area contributed by atoms with E-state index in [9.17, 15) is 4.39 Å². The molecule has 0 aliphatic carbocycles. The van der Waals surface area contributed by atoms with Gasteiger partial charge in [-0.15, -0.1) is 0 Å². The molecule has 0 aliphatic heterocycles. The molecule has 0 spiro atoms. The lowest BCUT2D eigenvalue weighted by molar-refractivity contribution is -0.106. The van der Waals surface area contributed by atoms with Crippen molar-refractivity contribution in [2.75, 3.05) is 14.2 Å². The summed E-state index contributed by atoms with van der Waals surface area (Å²) in [7, 11) is 3.05. The van der Waals surface area contributed by atoms with E-state index in [1.807, 2.05) is 18.2 Å². The van der Waals surface area contributed by atoms with E-state index in [4.69, 9.17) is 14.2 Å². The highest BCUT2D eigenvalue weighted by molar-refractivity contribution is 5.35. The number of halogens is 1. The zero-order chi connectivity index (χ0) is 13.7. The van der Waals surface area contributed by atoms with E-state index in [-0.39, 0.29) is 5.75 Å². The van der Waals surface area contributed by atoms with Crippen molar-refractivity contribution in [3.8, 4) is 11.5 Å². The summed E-state index contributed by atoms with van der Waals surface area (Å²) >= 11 is 0. The maximum absolute atomic E-state index is 13.7. The SMILES string of the molecule is COC(OC)c1ccc(F)c(Oc2ccccc2)c1. The molecule has 19 heavy (non-hydrogen) atoms. The van der Waals surface area contributed by atoms with Gasteiger partial charge < -0.3 is 14.2 Å². The fraction of sp³-hybridized carbons (Fsp3) is 0.200. The van der Waals surface area contributed by atoms with Crippen LogP contribution in [0.3, 0.4) is 0 Å². The van der Waals surface area contributed by atoms with Gasteiger partial charge in [-0.1, -0.05) is 24.3 Å². The molecule has 0 N–H and O–H groups in total. The Bertz CT molecular complexity index is 524. The molecule has 0 saturated heterocycles. The highest BCUT2D eigenvalue weighted by atomic mass is 19.1. The van der Waals surface area contributed by atoms with Crippen LogP contribution in [-0.2, 0) is 9.47 Å². The Labute approximate surface area is 111 Å². The first-order valence-corrected chi connectivity index (χ1v) is 5.82. The van der Waals surface area contributed by atoms with Crippen molar-refractivity contribution in [3.63, 3.8) is 0 Å². The van der Waals surface area contributed by atoms with Crippen LogP contribution in [0.2, 0.25) is 0 Å². The van der Waals surface area contributed by atoms with Gasteiger partial charge in [0, 0.05) is 19.8 Å². The fourth-order valence-corrected chi connectivity index (χ4v) is 1.73. The van der Waals surface area contributed by atoms with Crippen LogP contribution in [0.5, 0.6) is 11.5 Å². The van der Waals surface area contributed by atoms with E-state index in [0.717, 1.165) is 0 Å². The third kappa shape index (κ3) is 3.30. The summed E-state index contributed by atoms with van der Waals surface area (Å²) < 4.78 is 29.5. The molecule has 0 fully saturated rings. The maximum Gasteiger partial charge on any atom is 0.183 e. The minimum atomic E-state index is -0.543. The maximum atomic E-state index is 13.7. The molecule has 0 aromatic heterocycles. The van der Waals surface area contributed by atoms with Crippen molar-refractivity contribution in [1.29, 1.82) is 0 Å². The molecule has 0 aliphatic rings. The average molecular weight is 262 g/mol. The number of para-hydroxylation sites is 1. The quantitative estimate of drug-likeness (QED) is 0.765. The van der Waals surface area contributed by atoms with Crippen LogP contribution in [0.1, 0.15) is 11.9 Å². The molecule has 0 atom stereocenters. The smallest absolute Gasteiger partial charge is 0.183 e. The summed E-state index contributed by atoms with van der Waals surface area (Å²) in [5, 5.41) is 0. The number of benzene rings is 2. The molecule has 2 aromatic carbocycles. The number of rotatable bonds is 5. The molecule has 0 heterocycles. The molecule has 0 saturated carbocycles. The first-order valence-electron chi connectivity index (χ1n) is 5.82. The predicted octanol–water partition coefficient (Wildman–Crippen LogP) is 3.91. The highest BCUT2D eigenvalue weighted by Crippen LogP contribution is 2.28. The average Bonchev–Trinajstić information content (AvgIpc) is 2.45. The lowest BCUT2D eigenvalue weighted by atomic mass is 10.2. The minimum Gasteiger partial charge on any atom is -0.454 e. The molecule has 2 aromatic rings. The summed E-state index contributed by atoms with van der Waals surface area (Å²) in [5.41, 5.74) is 0.692. The van der Waals surface area contributed by atoms with Gasteiger partial charge in [0.05, 0.1) is 0 Å². The first kappa shape index (κ1) is 13.5. The van der Waals surface area contributed by atoms with Gasteiger partial charge in [-0.3, -0.25) is 0 Å². The van der Waals surface area contributed by atoms with E-state index in [0.29, 0.717) is 11.3 Å². The largest absolute Gasteiger partial charge is 0.454 e. The number of hydrogen-bond acceptors (Lipinski definition) is 3. The lowest BCUT2D eigenvalue weighted by Gasteiger charge is -2.15. The normalized spacial score (nSPS) is 10.7. The topological polar surface area (TPSA) is 27.7 Å². The van der Waals surface area contributed by atoms with Crippen molar-refractivity contribution < 1.29 is 18.6 Å². The Morgan fingerprint density at radius 3 is 2.26 bits per heavy atom. The summed E-state index contributed by atoms with van der Waals surface area (Å²) in [5.74, 6) is 0.284. The van der Waals surface area contributed by atoms with Crippen molar-refractivity contribution in [1.82, 2.24) is 0 Å². The third-order valence-electron chi connectivity index (χ3n) is 2.63. The van der Waals surface area contributed by atoms with Crippen LogP contribution < -0.4 is 4.74 Å². The molecular formula is C15H15FO3. The molecule has 4 heteroatoms. The van der Waals surface area contributed by atoms with E-state index in [2.05, 4.69) is 0 Å². The second kappa shape index (κ2) is 6.31. The van der Waals surface area contributed by atoms with E-state index >= 15 is 0 Å². The zero-order valence-electron chi connectivity index (χ0n) is 10.8. The van der Waals surface area contributed by atoms with Crippen LogP contribution in [0.25, 0.3) is 0 Å². The van der Waals surface area contributed by atoms with Gasteiger partial charge in [-0.05, 0) is 24.3 Å². The fourth-order valence-electron chi connectivity index (χ4n) is 1.73. The van der Waals surface area contributed by atoms with Crippen LogP contribution in [-0.4, -0.2) is 14.2 Å². The number of hydrogen-bond donors (Lipinski definition) is 0. The van der Waals surface area contributed by atoms with Crippen LogP contribution in [0.4, 0.5) is 4.39 Å². The standard InChI is InChI=1S/C15H15FO3/c1-17-15(18-2)11-8-9-13(16)14(10-11)19-12-6-4-3-5-7-12/h3-10,15H,1-2H3. The van der Waals surface area contributed by atoms with Gasteiger partial charge in [-0.2, -0.15) is 0 Å². The first-order chi connectivity index (χ1) is 9.24. The zero-order valence-corrected chi connectivity index (χ0v) is 10.8. The monoisotopic (exact) mass is 262 g/mol. The van der Waals surface area contributed by atoms with E-state index in [1.165, 1.54) is 20.3 Å². The van der Waals surface area contributed by atoms with Crippen LogP contribution >= 0.6 is 0 Å². The second-order valence-corrected chi connectivity index (χ2v) is 3.91. The molecule has 100 valence electrons. The summed E-state index contributed by atoms with van der Waals surface area (Å²) in [6.45, 7) is 0. The van der Waals surface area contributed by atoms with Crippen LogP contribution in [0, 0.1) is 5.82 Å². The van der Waals surface area contributed by atoms with Crippen LogP contribution in [0.15, 0.2) is 48.5 Å². The molecule has 0 bridgehead atoms. The Balaban J connectivity index is 2.27. The Kier molecular flexibility index (Phi) is 4.49. The van der Waals surface area contributed by atoms with Crippen molar-refractivity contribution in [2.45, 2.75) is 6.29 Å². The van der Waals surface area contributed by atoms with Gasteiger partial charge in [0.2, 0.25) is 0 Å². The Hall–Kier alpha value is -1.91.